The number of ether oxygens (including phenoxy) is 1. The lowest BCUT2D eigenvalue weighted by molar-refractivity contribution is 0.312. The van der Waals surface area contributed by atoms with E-state index >= 15 is 0 Å². The van der Waals surface area contributed by atoms with Crippen molar-refractivity contribution < 1.29 is 17.5 Å². The Hall–Kier alpha value is -3.24. The molecule has 4 rings (SSSR count). The van der Waals surface area contributed by atoms with Crippen molar-refractivity contribution in [2.45, 2.75) is 4.90 Å². The summed E-state index contributed by atoms with van der Waals surface area (Å²) in [6.07, 6.45) is 0. The molecule has 0 radical (unpaired) electrons. The Morgan fingerprint density at radius 2 is 1.69 bits per heavy atom. The second-order valence-corrected chi connectivity index (χ2v) is 9.23. The Morgan fingerprint density at radius 3 is 2.28 bits per heavy atom. The van der Waals surface area contributed by atoms with Crippen LogP contribution < -0.4 is 14.4 Å². The summed E-state index contributed by atoms with van der Waals surface area (Å²) in [6.45, 7) is 3.81. The van der Waals surface area contributed by atoms with Crippen LogP contribution in [-0.4, -0.2) is 63.9 Å². The zero-order valence-electron chi connectivity index (χ0n) is 17.8. The molecule has 0 atom stereocenters. The zero-order chi connectivity index (χ0) is 22.7. The molecule has 0 saturated carbocycles. The van der Waals surface area contributed by atoms with E-state index in [9.17, 15) is 12.8 Å². The summed E-state index contributed by atoms with van der Waals surface area (Å²) in [7, 11) is -0.524. The summed E-state index contributed by atoms with van der Waals surface area (Å²) >= 11 is 0. The van der Waals surface area contributed by atoms with Crippen LogP contribution in [0.1, 0.15) is 0 Å². The second-order valence-electron chi connectivity index (χ2n) is 7.55. The molecule has 0 bridgehead atoms. The van der Waals surface area contributed by atoms with Crippen molar-refractivity contribution in [1.82, 2.24) is 15.1 Å². The Labute approximate surface area is 186 Å². The molecule has 1 aliphatic rings. The van der Waals surface area contributed by atoms with Gasteiger partial charge in [-0.1, -0.05) is 12.1 Å². The molecule has 3 aromatic rings. The fourth-order valence-corrected chi connectivity index (χ4v) is 4.49. The Morgan fingerprint density at radius 1 is 0.969 bits per heavy atom. The molecular weight excluding hydrogens is 433 g/mol. The third-order valence-electron chi connectivity index (χ3n) is 5.34. The minimum Gasteiger partial charge on any atom is -0.494 e. The van der Waals surface area contributed by atoms with E-state index in [4.69, 9.17) is 4.74 Å². The van der Waals surface area contributed by atoms with Gasteiger partial charge in [-0.05, 0) is 49.5 Å². The highest BCUT2D eigenvalue weighted by Crippen LogP contribution is 2.25. The van der Waals surface area contributed by atoms with Crippen LogP contribution in [0.15, 0.2) is 59.5 Å². The Bertz CT molecular complexity index is 1180. The summed E-state index contributed by atoms with van der Waals surface area (Å²) in [5, 5.41) is 8.67. The van der Waals surface area contributed by atoms with Crippen molar-refractivity contribution in [1.29, 1.82) is 0 Å². The van der Waals surface area contributed by atoms with Gasteiger partial charge < -0.3 is 14.5 Å². The lowest BCUT2D eigenvalue weighted by Crippen LogP contribution is -2.44. The maximum Gasteiger partial charge on any atom is 0.262 e. The number of anilines is 2. The van der Waals surface area contributed by atoms with Gasteiger partial charge in [0.1, 0.15) is 0 Å². The van der Waals surface area contributed by atoms with Crippen molar-refractivity contribution in [3.05, 3.63) is 60.4 Å². The normalized spacial score (nSPS) is 14.9. The van der Waals surface area contributed by atoms with Gasteiger partial charge >= 0.3 is 0 Å². The molecule has 2 aromatic carbocycles. The SMILES string of the molecule is COc1ccc(S(=O)(=O)Nc2ccc(-c3ccc(N4CCN(C)CC4)nn3)cc2)cc1F. The highest BCUT2D eigenvalue weighted by molar-refractivity contribution is 7.92. The van der Waals surface area contributed by atoms with E-state index < -0.39 is 15.8 Å². The van der Waals surface area contributed by atoms with E-state index in [1.807, 2.05) is 12.1 Å². The number of hydrogen-bond acceptors (Lipinski definition) is 7. The second kappa shape index (κ2) is 9.09. The lowest BCUT2D eigenvalue weighted by atomic mass is 10.1. The number of halogens is 1. The number of sulfonamides is 1. The van der Waals surface area contributed by atoms with Crippen LogP contribution in [0.25, 0.3) is 11.3 Å². The van der Waals surface area contributed by atoms with E-state index in [0.29, 0.717) is 11.4 Å². The van der Waals surface area contributed by atoms with Gasteiger partial charge in [0, 0.05) is 37.4 Å². The Balaban J connectivity index is 1.45. The lowest BCUT2D eigenvalue weighted by Gasteiger charge is -2.32. The maximum atomic E-state index is 13.9. The van der Waals surface area contributed by atoms with E-state index in [2.05, 4.69) is 31.8 Å². The van der Waals surface area contributed by atoms with Crippen molar-refractivity contribution >= 4 is 21.5 Å². The number of methoxy groups -OCH3 is 1. The molecule has 1 saturated heterocycles. The van der Waals surface area contributed by atoms with Gasteiger partial charge in [-0.25, -0.2) is 12.8 Å². The van der Waals surface area contributed by atoms with Crippen molar-refractivity contribution in [2.24, 2.45) is 0 Å². The molecular formula is C22H24FN5O3S. The van der Waals surface area contributed by atoms with Crippen LogP contribution >= 0.6 is 0 Å². The third-order valence-corrected chi connectivity index (χ3v) is 6.72. The monoisotopic (exact) mass is 457 g/mol. The zero-order valence-corrected chi connectivity index (χ0v) is 18.6. The van der Waals surface area contributed by atoms with Crippen LogP contribution in [0.2, 0.25) is 0 Å². The molecule has 1 fully saturated rings. The summed E-state index contributed by atoms with van der Waals surface area (Å²) in [6, 6.07) is 14.1. The standard InChI is InChI=1S/C22H24FN5O3S/c1-27-11-13-28(14-12-27)22-10-8-20(24-25-22)16-3-5-17(6-4-16)26-32(29,30)18-7-9-21(31-2)19(23)15-18/h3-10,15,26H,11-14H2,1-2H3. The fraction of sp³-hybridized carbons (Fsp3) is 0.273. The summed E-state index contributed by atoms with van der Waals surface area (Å²) < 4.78 is 46.3. The topological polar surface area (TPSA) is 87.7 Å². The quantitative estimate of drug-likeness (QED) is 0.609. The highest BCUT2D eigenvalue weighted by atomic mass is 32.2. The van der Waals surface area contributed by atoms with Gasteiger partial charge in [0.2, 0.25) is 0 Å². The fourth-order valence-electron chi connectivity index (χ4n) is 3.42. The molecule has 0 aliphatic carbocycles. The smallest absolute Gasteiger partial charge is 0.262 e. The van der Waals surface area contributed by atoms with Gasteiger partial charge in [-0.3, -0.25) is 4.72 Å². The molecule has 2 heterocycles. The molecule has 8 nitrogen and oxygen atoms in total. The number of aromatic nitrogens is 2. The van der Waals surface area contributed by atoms with Crippen molar-refractivity contribution in [3.63, 3.8) is 0 Å². The van der Waals surface area contributed by atoms with Crippen molar-refractivity contribution in [3.8, 4) is 17.0 Å². The van der Waals surface area contributed by atoms with Crippen LogP contribution in [0, 0.1) is 5.82 Å². The number of rotatable bonds is 6. The average Bonchev–Trinajstić information content (AvgIpc) is 2.80. The number of benzene rings is 2. The van der Waals surface area contributed by atoms with Crippen LogP contribution in [0.4, 0.5) is 15.9 Å². The maximum absolute atomic E-state index is 13.9. The number of nitrogens with zero attached hydrogens (tertiary/aromatic N) is 4. The van der Waals surface area contributed by atoms with E-state index in [0.717, 1.165) is 43.6 Å². The van der Waals surface area contributed by atoms with Crippen LogP contribution in [-0.2, 0) is 10.0 Å². The number of piperazine rings is 1. The number of nitrogens with one attached hydrogen (secondary N) is 1. The molecule has 0 spiro atoms. The molecule has 1 aliphatic heterocycles. The van der Waals surface area contributed by atoms with Gasteiger partial charge in [0.15, 0.2) is 17.4 Å². The minimum absolute atomic E-state index is 0.0203. The number of hydrogen-bond donors (Lipinski definition) is 1. The predicted octanol–water partition coefficient (Wildman–Crippen LogP) is 2.84. The van der Waals surface area contributed by atoms with Gasteiger partial charge in [-0.2, -0.15) is 0 Å². The largest absolute Gasteiger partial charge is 0.494 e. The summed E-state index contributed by atoms with van der Waals surface area (Å²) in [5.74, 6) is 0.0790. The van der Waals surface area contributed by atoms with E-state index in [1.54, 1.807) is 24.3 Å². The first-order chi connectivity index (χ1) is 15.4. The van der Waals surface area contributed by atoms with E-state index in [-0.39, 0.29) is 10.6 Å². The van der Waals surface area contributed by atoms with Crippen LogP contribution in [0.3, 0.4) is 0 Å². The molecule has 1 N–H and O–H groups in total. The molecule has 0 unspecified atom stereocenters. The highest BCUT2D eigenvalue weighted by Gasteiger charge is 2.18. The first-order valence-corrected chi connectivity index (χ1v) is 11.6. The molecule has 0 amide bonds. The number of likely N-dealkylation sites (N-methyl/N-ethyl adjacent to an activating group) is 1. The summed E-state index contributed by atoms with van der Waals surface area (Å²) in [4.78, 5) is 4.29. The van der Waals surface area contributed by atoms with E-state index in [1.165, 1.54) is 19.2 Å². The van der Waals surface area contributed by atoms with Gasteiger partial charge in [-0.15, -0.1) is 10.2 Å². The first kappa shape index (κ1) is 22.0. The van der Waals surface area contributed by atoms with Crippen LogP contribution in [0.5, 0.6) is 5.75 Å². The molecule has 32 heavy (non-hydrogen) atoms. The van der Waals surface area contributed by atoms with Gasteiger partial charge in [0.05, 0.1) is 17.7 Å². The molecule has 10 heteroatoms. The Kier molecular flexibility index (Phi) is 6.24. The predicted molar refractivity (Wildman–Crippen MR) is 121 cm³/mol. The molecule has 1 aromatic heterocycles. The summed E-state index contributed by atoms with van der Waals surface area (Å²) in [5.41, 5.74) is 1.85. The average molecular weight is 458 g/mol. The minimum atomic E-state index is -3.94. The molecule has 168 valence electrons. The van der Waals surface area contributed by atoms with Gasteiger partial charge in [0.25, 0.3) is 10.0 Å². The van der Waals surface area contributed by atoms with Crippen molar-refractivity contribution in [2.75, 3.05) is 50.0 Å². The first-order valence-electron chi connectivity index (χ1n) is 10.1. The third kappa shape index (κ3) is 4.81.